The zero-order chi connectivity index (χ0) is 20.8. The van der Waals surface area contributed by atoms with E-state index in [4.69, 9.17) is 27.9 Å². The van der Waals surface area contributed by atoms with E-state index in [0.29, 0.717) is 25.8 Å². The summed E-state index contributed by atoms with van der Waals surface area (Å²) >= 11 is 16.0. The predicted molar refractivity (Wildman–Crippen MR) is 119 cm³/mol. The lowest BCUT2D eigenvalue weighted by molar-refractivity contribution is -0.117. The van der Waals surface area contributed by atoms with E-state index in [1.807, 2.05) is 24.3 Å². The third-order valence-corrected chi connectivity index (χ3v) is 5.96. The van der Waals surface area contributed by atoms with Gasteiger partial charge in [-0.3, -0.25) is 4.79 Å². The standard InChI is InChI=1S/C22H19BrCl2N2O2/c23-18-10-14(9-16(12-26)22(28)27-17-6-2-3-7-17)11-20(25)21(18)29-13-15-5-1-4-8-19(15)24/h1,4-5,8-11,17H,2-3,6-7,13H2,(H,27,28)/b16-9-. The molecule has 4 nitrogen and oxygen atoms in total. The van der Waals surface area contributed by atoms with Crippen LogP contribution in [0, 0.1) is 11.3 Å². The number of hydrogen-bond donors (Lipinski definition) is 1. The smallest absolute Gasteiger partial charge is 0.262 e. The summed E-state index contributed by atoms with van der Waals surface area (Å²) in [4.78, 5) is 12.4. The molecule has 0 bridgehead atoms. The molecule has 1 aliphatic rings. The van der Waals surface area contributed by atoms with Crippen molar-refractivity contribution in [3.63, 3.8) is 0 Å². The number of rotatable bonds is 6. The summed E-state index contributed by atoms with van der Waals surface area (Å²) in [5.41, 5.74) is 1.52. The third-order valence-electron chi connectivity index (χ3n) is 4.72. The van der Waals surface area contributed by atoms with Crippen molar-refractivity contribution in [1.29, 1.82) is 5.26 Å². The van der Waals surface area contributed by atoms with Gasteiger partial charge in [-0.1, -0.05) is 54.2 Å². The van der Waals surface area contributed by atoms with Crippen molar-refractivity contribution >= 4 is 51.1 Å². The summed E-state index contributed by atoms with van der Waals surface area (Å²) < 4.78 is 6.45. The topological polar surface area (TPSA) is 62.1 Å². The maximum absolute atomic E-state index is 12.4. The lowest BCUT2D eigenvalue weighted by Crippen LogP contribution is -2.33. The number of hydrogen-bond acceptors (Lipinski definition) is 3. The minimum atomic E-state index is -0.356. The van der Waals surface area contributed by atoms with Gasteiger partial charge in [0.05, 0.1) is 9.50 Å². The van der Waals surface area contributed by atoms with E-state index in [1.54, 1.807) is 18.2 Å². The van der Waals surface area contributed by atoms with Crippen molar-refractivity contribution in [3.05, 3.63) is 67.6 Å². The normalized spacial score (nSPS) is 14.5. The maximum Gasteiger partial charge on any atom is 0.262 e. The van der Waals surface area contributed by atoms with Gasteiger partial charge in [0.1, 0.15) is 18.2 Å². The second kappa shape index (κ2) is 10.2. The van der Waals surface area contributed by atoms with Crippen molar-refractivity contribution in [1.82, 2.24) is 5.32 Å². The summed E-state index contributed by atoms with van der Waals surface area (Å²) in [7, 11) is 0. The quantitative estimate of drug-likeness (QED) is 0.379. The van der Waals surface area contributed by atoms with E-state index in [1.165, 1.54) is 6.08 Å². The largest absolute Gasteiger partial charge is 0.486 e. The van der Waals surface area contributed by atoms with Crippen molar-refractivity contribution in [3.8, 4) is 11.8 Å². The van der Waals surface area contributed by atoms with E-state index in [0.717, 1.165) is 31.2 Å². The van der Waals surface area contributed by atoms with Gasteiger partial charge < -0.3 is 10.1 Å². The number of amides is 1. The molecular weight excluding hydrogens is 475 g/mol. The molecule has 1 saturated carbocycles. The number of nitriles is 1. The van der Waals surface area contributed by atoms with E-state index >= 15 is 0 Å². The molecule has 2 aromatic rings. The molecule has 1 amide bonds. The van der Waals surface area contributed by atoms with Crippen LogP contribution in [0.4, 0.5) is 0 Å². The van der Waals surface area contributed by atoms with Gasteiger partial charge in [0, 0.05) is 16.6 Å². The zero-order valence-corrected chi connectivity index (χ0v) is 18.6. The summed E-state index contributed by atoms with van der Waals surface area (Å²) in [5, 5.41) is 13.3. The summed E-state index contributed by atoms with van der Waals surface area (Å²) in [6.45, 7) is 0.264. The molecule has 0 atom stereocenters. The van der Waals surface area contributed by atoms with E-state index in [-0.39, 0.29) is 24.1 Å². The second-order valence-corrected chi connectivity index (χ2v) is 8.49. The molecule has 29 heavy (non-hydrogen) atoms. The molecule has 0 unspecified atom stereocenters. The van der Waals surface area contributed by atoms with Crippen LogP contribution >= 0.6 is 39.1 Å². The van der Waals surface area contributed by atoms with Crippen molar-refractivity contribution in [2.24, 2.45) is 0 Å². The van der Waals surface area contributed by atoms with E-state index < -0.39 is 0 Å². The number of nitrogens with one attached hydrogen (secondary N) is 1. The Labute approximate surface area is 188 Å². The van der Waals surface area contributed by atoms with E-state index in [2.05, 4.69) is 21.2 Å². The Hall–Kier alpha value is -2.00. The van der Waals surface area contributed by atoms with Gasteiger partial charge >= 0.3 is 0 Å². The third kappa shape index (κ3) is 5.76. The lowest BCUT2D eigenvalue weighted by Gasteiger charge is -2.13. The number of carbonyl (C=O) groups is 1. The Balaban J connectivity index is 1.75. The Morgan fingerprint density at radius 2 is 1.97 bits per heavy atom. The van der Waals surface area contributed by atoms with Gasteiger partial charge in [-0.25, -0.2) is 0 Å². The molecule has 1 N–H and O–H groups in total. The van der Waals surface area contributed by atoms with Crippen molar-refractivity contribution in [2.45, 2.75) is 38.3 Å². The first kappa shape index (κ1) is 21.7. The first-order valence-corrected chi connectivity index (χ1v) is 10.8. The fourth-order valence-electron chi connectivity index (χ4n) is 3.21. The molecule has 0 radical (unpaired) electrons. The van der Waals surface area contributed by atoms with Crippen molar-refractivity contribution in [2.75, 3.05) is 0 Å². The van der Waals surface area contributed by atoms with Gasteiger partial charge in [-0.2, -0.15) is 5.26 Å². The van der Waals surface area contributed by atoms with Crippen LogP contribution in [0.3, 0.4) is 0 Å². The Bertz CT molecular complexity index is 956. The molecule has 7 heteroatoms. The highest BCUT2D eigenvalue weighted by Crippen LogP contribution is 2.36. The maximum atomic E-state index is 12.4. The van der Waals surface area contributed by atoms with Crippen LogP contribution in [-0.4, -0.2) is 11.9 Å². The summed E-state index contributed by atoms with van der Waals surface area (Å²) in [6, 6.07) is 13.0. The Kier molecular flexibility index (Phi) is 7.60. The van der Waals surface area contributed by atoms with Crippen molar-refractivity contribution < 1.29 is 9.53 Å². The van der Waals surface area contributed by atoms with Gasteiger partial charge in [0.2, 0.25) is 0 Å². The van der Waals surface area contributed by atoms with Crippen LogP contribution < -0.4 is 10.1 Å². The van der Waals surface area contributed by atoms with Crippen LogP contribution in [0.2, 0.25) is 10.0 Å². The average molecular weight is 494 g/mol. The molecule has 0 saturated heterocycles. The molecule has 0 spiro atoms. The Morgan fingerprint density at radius 1 is 1.24 bits per heavy atom. The van der Waals surface area contributed by atoms with Crippen LogP contribution in [0.1, 0.15) is 36.8 Å². The fourth-order valence-corrected chi connectivity index (χ4v) is 4.39. The molecule has 0 aliphatic heterocycles. The van der Waals surface area contributed by atoms with E-state index in [9.17, 15) is 10.1 Å². The molecule has 1 aliphatic carbocycles. The highest BCUT2D eigenvalue weighted by molar-refractivity contribution is 9.10. The minimum absolute atomic E-state index is 0.0459. The van der Waals surface area contributed by atoms with Crippen LogP contribution in [-0.2, 0) is 11.4 Å². The summed E-state index contributed by atoms with van der Waals surface area (Å²) in [5.74, 6) is 0.114. The lowest BCUT2D eigenvalue weighted by atomic mass is 10.1. The average Bonchev–Trinajstić information content (AvgIpc) is 3.19. The second-order valence-electron chi connectivity index (χ2n) is 6.82. The molecule has 2 aromatic carbocycles. The number of carbonyl (C=O) groups excluding carboxylic acids is 1. The van der Waals surface area contributed by atoms with Gasteiger partial charge in [0.25, 0.3) is 5.91 Å². The Morgan fingerprint density at radius 3 is 2.62 bits per heavy atom. The van der Waals surface area contributed by atoms with Gasteiger partial charge in [-0.15, -0.1) is 0 Å². The molecule has 150 valence electrons. The first-order chi connectivity index (χ1) is 14.0. The number of benzene rings is 2. The predicted octanol–water partition coefficient (Wildman–Crippen LogP) is 6.30. The molecule has 0 heterocycles. The number of ether oxygens (including phenoxy) is 1. The van der Waals surface area contributed by atoms with Crippen LogP contribution in [0.5, 0.6) is 5.75 Å². The molecule has 0 aromatic heterocycles. The van der Waals surface area contributed by atoms with Crippen LogP contribution in [0.25, 0.3) is 6.08 Å². The molecule has 1 fully saturated rings. The van der Waals surface area contributed by atoms with Gasteiger partial charge in [0.15, 0.2) is 5.75 Å². The molecular formula is C22H19BrCl2N2O2. The zero-order valence-electron chi connectivity index (χ0n) is 15.6. The van der Waals surface area contributed by atoms with Crippen LogP contribution in [0.15, 0.2) is 46.4 Å². The monoisotopic (exact) mass is 492 g/mol. The minimum Gasteiger partial charge on any atom is -0.486 e. The highest BCUT2D eigenvalue weighted by atomic mass is 79.9. The number of nitrogens with zero attached hydrogens (tertiary/aromatic N) is 1. The fraction of sp³-hybridized carbons (Fsp3) is 0.273. The SMILES string of the molecule is N#C/C(=C/c1cc(Cl)c(OCc2ccccc2Cl)c(Br)c1)C(=O)NC1CCCC1. The van der Waals surface area contributed by atoms with Gasteiger partial charge in [-0.05, 0) is 58.6 Å². The number of halogens is 3. The highest BCUT2D eigenvalue weighted by Gasteiger charge is 2.19. The first-order valence-electron chi connectivity index (χ1n) is 9.26. The molecule has 3 rings (SSSR count). The summed E-state index contributed by atoms with van der Waals surface area (Å²) in [6.07, 6.45) is 5.65.